The van der Waals surface area contributed by atoms with Crippen LogP contribution >= 0.6 is 0 Å². The van der Waals surface area contributed by atoms with Crippen molar-refractivity contribution in [1.82, 2.24) is 9.80 Å². The molecule has 24 heavy (non-hydrogen) atoms. The van der Waals surface area contributed by atoms with E-state index in [4.69, 9.17) is 0 Å². The molecule has 0 unspecified atom stereocenters. The number of benzene rings is 2. The Bertz CT molecular complexity index is 863. The van der Waals surface area contributed by atoms with Gasteiger partial charge in [-0.1, -0.05) is 24.3 Å². The van der Waals surface area contributed by atoms with Crippen LogP contribution in [-0.2, 0) is 0 Å². The summed E-state index contributed by atoms with van der Waals surface area (Å²) in [6, 6.07) is 17.4. The topological polar surface area (TPSA) is 74.8 Å². The fraction of sp³-hybridized carbons (Fsp3) is 0. The molecular formula is C18H8N2O4. The lowest BCUT2D eigenvalue weighted by Gasteiger charge is -2.06. The van der Waals surface area contributed by atoms with Gasteiger partial charge in [-0.25, -0.2) is 0 Å². The van der Waals surface area contributed by atoms with Crippen molar-refractivity contribution in [3.63, 3.8) is 0 Å². The van der Waals surface area contributed by atoms with Crippen molar-refractivity contribution >= 4 is 23.6 Å². The Kier molecular flexibility index (Phi) is 2.84. The smallest absolute Gasteiger partial charge is 0.267 e. The number of amides is 4. The van der Waals surface area contributed by atoms with E-state index in [2.05, 4.69) is 12.1 Å². The summed E-state index contributed by atoms with van der Waals surface area (Å²) in [6.07, 6.45) is 0. The summed E-state index contributed by atoms with van der Waals surface area (Å²) in [5.74, 6) is -2.28. The molecule has 6 nitrogen and oxygen atoms in total. The molecule has 0 radical (unpaired) electrons. The Morgan fingerprint density at radius 2 is 0.750 bits per heavy atom. The highest BCUT2D eigenvalue weighted by atomic mass is 16.2. The van der Waals surface area contributed by atoms with Crippen LogP contribution in [0.5, 0.6) is 0 Å². The zero-order valence-electron chi connectivity index (χ0n) is 12.1. The first-order valence-electron chi connectivity index (χ1n) is 7.06. The lowest BCUT2D eigenvalue weighted by atomic mass is 10.1. The molecule has 0 aromatic heterocycles. The van der Waals surface area contributed by atoms with Crippen molar-refractivity contribution in [2.75, 3.05) is 0 Å². The Balaban J connectivity index is 1.68. The van der Waals surface area contributed by atoms with Crippen molar-refractivity contribution in [2.45, 2.75) is 0 Å². The first kappa shape index (κ1) is 13.9. The van der Waals surface area contributed by atoms with Crippen LogP contribution < -0.4 is 0 Å². The number of carbonyl (C=O) groups excluding carboxylic acids is 4. The van der Waals surface area contributed by atoms with Gasteiger partial charge in [0.15, 0.2) is 0 Å². The number of rotatable bonds is 0. The zero-order chi connectivity index (χ0) is 16.8. The van der Waals surface area contributed by atoms with E-state index in [0.717, 1.165) is 0 Å². The minimum absolute atomic E-state index is 0.249. The van der Waals surface area contributed by atoms with Crippen molar-refractivity contribution in [1.29, 1.82) is 0 Å². The van der Waals surface area contributed by atoms with E-state index in [1.165, 1.54) is 24.3 Å². The van der Waals surface area contributed by atoms with Crippen molar-refractivity contribution in [3.05, 3.63) is 70.8 Å². The van der Waals surface area contributed by atoms with Gasteiger partial charge in [-0.2, -0.15) is 9.80 Å². The summed E-state index contributed by atoms with van der Waals surface area (Å²) in [7, 11) is 0. The third kappa shape index (κ3) is 1.79. The van der Waals surface area contributed by atoms with Gasteiger partial charge >= 0.3 is 0 Å². The van der Waals surface area contributed by atoms with E-state index < -0.39 is 23.6 Å². The second-order valence-electron chi connectivity index (χ2n) is 5.21. The molecule has 2 heterocycles. The number of hydrogen-bond donors (Lipinski definition) is 0. The molecule has 6 heteroatoms. The largest absolute Gasteiger partial charge is 0.273 e. The highest BCUT2D eigenvalue weighted by molar-refractivity contribution is 6.24. The van der Waals surface area contributed by atoms with Crippen LogP contribution in [0.1, 0.15) is 41.4 Å². The van der Waals surface area contributed by atoms with Gasteiger partial charge in [0.1, 0.15) is 0 Å². The minimum atomic E-state index is -0.570. The minimum Gasteiger partial charge on any atom is -0.267 e. The number of carbonyl (C=O) groups is 4. The number of hydrogen-bond acceptors (Lipinski definition) is 4. The molecule has 0 atom stereocenters. The summed E-state index contributed by atoms with van der Waals surface area (Å²) in [4.78, 5) is 50.3. The number of nitrogens with zero attached hydrogens (tertiary/aromatic N) is 2. The molecule has 0 N–H and O–H groups in total. The Morgan fingerprint density at radius 1 is 0.500 bits per heavy atom. The molecule has 2 aliphatic rings. The summed E-state index contributed by atoms with van der Waals surface area (Å²) in [5.41, 5.74) is 0.997. The molecule has 4 rings (SSSR count). The lowest BCUT2D eigenvalue weighted by Crippen LogP contribution is -2.28. The molecule has 0 aliphatic carbocycles. The molecule has 2 aromatic carbocycles. The van der Waals surface area contributed by atoms with Gasteiger partial charge in [-0.15, -0.1) is 0 Å². The van der Waals surface area contributed by atoms with E-state index in [1.54, 1.807) is 24.3 Å². The molecule has 0 fully saturated rings. The maximum absolute atomic E-state index is 12.2. The van der Waals surface area contributed by atoms with E-state index in [9.17, 15) is 19.2 Å². The Hall–Kier alpha value is -3.72. The van der Waals surface area contributed by atoms with E-state index >= 15 is 0 Å². The lowest BCUT2D eigenvalue weighted by molar-refractivity contribution is 0.0704. The van der Waals surface area contributed by atoms with Gasteiger partial charge in [-0.3, -0.25) is 19.2 Å². The molecular weight excluding hydrogens is 308 g/mol. The van der Waals surface area contributed by atoms with Crippen LogP contribution in [-0.4, -0.2) is 33.4 Å². The first-order chi connectivity index (χ1) is 11.6. The molecule has 0 saturated carbocycles. The summed E-state index contributed by atoms with van der Waals surface area (Å²) < 4.78 is 0. The van der Waals surface area contributed by atoms with Gasteiger partial charge in [0, 0.05) is 12.1 Å². The SMILES string of the molecule is O=C1c2ccccc2C(=O)N1C#CN1C(=O)c2ccccc2C1=O. The Labute approximate surface area is 136 Å². The number of imide groups is 2. The summed E-state index contributed by atoms with van der Waals surface area (Å²) >= 11 is 0. The third-order valence-electron chi connectivity index (χ3n) is 3.86. The summed E-state index contributed by atoms with van der Waals surface area (Å²) in [5, 5.41) is 0. The van der Waals surface area contributed by atoms with Crippen LogP contribution in [0.3, 0.4) is 0 Å². The molecule has 0 bridgehead atoms. The maximum Gasteiger partial charge on any atom is 0.273 e. The molecule has 4 amide bonds. The van der Waals surface area contributed by atoms with Gasteiger partial charge in [0.2, 0.25) is 0 Å². The van der Waals surface area contributed by atoms with Gasteiger partial charge < -0.3 is 0 Å². The highest BCUT2D eigenvalue weighted by Crippen LogP contribution is 2.23. The average Bonchev–Trinajstić information content (AvgIpc) is 3.00. The average molecular weight is 316 g/mol. The monoisotopic (exact) mass is 316 g/mol. The van der Waals surface area contributed by atoms with Crippen molar-refractivity contribution < 1.29 is 19.2 Å². The fourth-order valence-electron chi connectivity index (χ4n) is 2.68. The van der Waals surface area contributed by atoms with E-state index in [-0.39, 0.29) is 22.3 Å². The van der Waals surface area contributed by atoms with Crippen LogP contribution in [0, 0.1) is 12.1 Å². The molecule has 2 aliphatic heterocycles. The second kappa shape index (κ2) is 4.89. The van der Waals surface area contributed by atoms with Crippen LogP contribution in [0.4, 0.5) is 0 Å². The van der Waals surface area contributed by atoms with Gasteiger partial charge in [0.25, 0.3) is 23.6 Å². The van der Waals surface area contributed by atoms with E-state index in [0.29, 0.717) is 9.80 Å². The van der Waals surface area contributed by atoms with Crippen molar-refractivity contribution in [3.8, 4) is 12.1 Å². The van der Waals surface area contributed by atoms with E-state index in [1.807, 2.05) is 0 Å². The fourth-order valence-corrected chi connectivity index (χ4v) is 2.68. The normalized spacial score (nSPS) is 15.3. The predicted molar refractivity (Wildman–Crippen MR) is 81.7 cm³/mol. The highest BCUT2D eigenvalue weighted by Gasteiger charge is 2.37. The molecule has 0 saturated heterocycles. The standard InChI is InChI=1S/C18H8N2O4/c21-15-11-5-1-2-6-12(11)16(22)19(15)9-10-20-17(23)13-7-3-4-8-14(13)18(20)24/h1-8H. The molecule has 0 spiro atoms. The predicted octanol–water partition coefficient (Wildman–Crippen LogP) is 1.50. The zero-order valence-corrected chi connectivity index (χ0v) is 12.1. The Morgan fingerprint density at radius 3 is 1.00 bits per heavy atom. The van der Waals surface area contributed by atoms with Crippen LogP contribution in [0.2, 0.25) is 0 Å². The van der Waals surface area contributed by atoms with Crippen LogP contribution in [0.15, 0.2) is 48.5 Å². The van der Waals surface area contributed by atoms with Gasteiger partial charge in [0.05, 0.1) is 22.3 Å². The second-order valence-corrected chi connectivity index (χ2v) is 5.21. The van der Waals surface area contributed by atoms with Crippen LogP contribution in [0.25, 0.3) is 0 Å². The summed E-state index contributed by atoms with van der Waals surface area (Å²) in [6.45, 7) is 0. The van der Waals surface area contributed by atoms with Crippen molar-refractivity contribution in [2.24, 2.45) is 0 Å². The quantitative estimate of drug-likeness (QED) is 0.545. The van der Waals surface area contributed by atoms with Gasteiger partial charge in [-0.05, 0) is 24.3 Å². The first-order valence-corrected chi connectivity index (χ1v) is 7.06. The molecule has 2 aromatic rings. The molecule has 114 valence electrons. The third-order valence-corrected chi connectivity index (χ3v) is 3.86. The maximum atomic E-state index is 12.2. The number of fused-ring (bicyclic) bond motifs is 2.